The fourth-order valence-electron chi connectivity index (χ4n) is 3.33. The van der Waals surface area contributed by atoms with Gasteiger partial charge in [0, 0.05) is 13.1 Å². The number of benzene rings is 2. The average molecular weight is 490 g/mol. The molecular formula is C25H35N3O5S. The molecule has 0 aromatic heterocycles. The third kappa shape index (κ3) is 7.76. The molecule has 9 heteroatoms. The van der Waals surface area contributed by atoms with Gasteiger partial charge in [0.05, 0.1) is 19.1 Å². The van der Waals surface area contributed by atoms with Gasteiger partial charge in [0.15, 0.2) is 0 Å². The molecule has 0 fully saturated rings. The van der Waals surface area contributed by atoms with Crippen molar-refractivity contribution in [2.24, 2.45) is 5.92 Å². The number of nitrogens with zero attached hydrogens (tertiary/aromatic N) is 2. The summed E-state index contributed by atoms with van der Waals surface area (Å²) < 4.78 is 31.5. The van der Waals surface area contributed by atoms with Gasteiger partial charge in [-0.15, -0.1) is 0 Å². The maximum atomic E-state index is 13.5. The van der Waals surface area contributed by atoms with Crippen molar-refractivity contribution in [2.45, 2.75) is 40.3 Å². The first-order chi connectivity index (χ1) is 15.9. The van der Waals surface area contributed by atoms with Gasteiger partial charge in [-0.3, -0.25) is 13.9 Å². The molecule has 1 atom stereocenters. The maximum absolute atomic E-state index is 13.5. The summed E-state index contributed by atoms with van der Waals surface area (Å²) in [5, 5.41) is 2.86. The van der Waals surface area contributed by atoms with Gasteiger partial charge < -0.3 is 15.0 Å². The first kappa shape index (κ1) is 27.2. The minimum Gasteiger partial charge on any atom is -0.497 e. The lowest BCUT2D eigenvalue weighted by Crippen LogP contribution is -2.51. The number of hydrogen-bond donors (Lipinski definition) is 1. The van der Waals surface area contributed by atoms with E-state index in [4.69, 9.17) is 4.74 Å². The van der Waals surface area contributed by atoms with Crippen LogP contribution in [0.4, 0.5) is 5.69 Å². The summed E-state index contributed by atoms with van der Waals surface area (Å²) in [5.74, 6) is 0.0902. The zero-order chi connectivity index (χ0) is 25.5. The zero-order valence-corrected chi connectivity index (χ0v) is 21.6. The molecule has 0 heterocycles. The normalized spacial score (nSPS) is 12.2. The first-order valence-electron chi connectivity index (χ1n) is 11.2. The second kappa shape index (κ2) is 11.9. The summed E-state index contributed by atoms with van der Waals surface area (Å²) in [6, 6.07) is 13.3. The number of anilines is 1. The third-order valence-electron chi connectivity index (χ3n) is 5.34. The number of ether oxygens (including phenoxy) is 1. The Kier molecular flexibility index (Phi) is 9.49. The topological polar surface area (TPSA) is 96.0 Å². The largest absolute Gasteiger partial charge is 0.497 e. The van der Waals surface area contributed by atoms with E-state index in [-0.39, 0.29) is 18.4 Å². The summed E-state index contributed by atoms with van der Waals surface area (Å²) in [6.45, 7) is 7.68. The van der Waals surface area contributed by atoms with Gasteiger partial charge in [-0.25, -0.2) is 8.42 Å². The number of rotatable bonds is 11. The fourth-order valence-corrected chi connectivity index (χ4v) is 4.18. The molecule has 0 saturated heterocycles. The fraction of sp³-hybridized carbons (Fsp3) is 0.440. The summed E-state index contributed by atoms with van der Waals surface area (Å²) >= 11 is 0. The van der Waals surface area contributed by atoms with Gasteiger partial charge in [0.1, 0.15) is 18.3 Å². The van der Waals surface area contributed by atoms with Crippen molar-refractivity contribution in [3.05, 3.63) is 59.7 Å². The number of amides is 2. The van der Waals surface area contributed by atoms with Crippen molar-refractivity contribution in [2.75, 3.05) is 30.8 Å². The highest BCUT2D eigenvalue weighted by Gasteiger charge is 2.30. The van der Waals surface area contributed by atoms with E-state index in [0.29, 0.717) is 18.0 Å². The molecule has 0 aliphatic heterocycles. The second-order valence-electron chi connectivity index (χ2n) is 8.79. The molecule has 0 saturated carbocycles. The van der Waals surface area contributed by atoms with E-state index >= 15 is 0 Å². The van der Waals surface area contributed by atoms with Crippen LogP contribution in [0.5, 0.6) is 5.75 Å². The molecule has 34 heavy (non-hydrogen) atoms. The van der Waals surface area contributed by atoms with Crippen LogP contribution in [0.25, 0.3) is 0 Å². The number of methoxy groups -OCH3 is 1. The number of carbonyl (C=O) groups is 2. The molecule has 0 spiro atoms. The lowest BCUT2D eigenvalue weighted by atomic mass is 10.1. The van der Waals surface area contributed by atoms with E-state index in [1.54, 1.807) is 56.5 Å². The summed E-state index contributed by atoms with van der Waals surface area (Å²) in [6.07, 6.45) is 1.06. The molecule has 1 N–H and O–H groups in total. The Labute approximate surface area is 202 Å². The van der Waals surface area contributed by atoms with Crippen LogP contribution in [0.15, 0.2) is 48.5 Å². The van der Waals surface area contributed by atoms with Gasteiger partial charge in [-0.2, -0.15) is 0 Å². The van der Waals surface area contributed by atoms with Crippen molar-refractivity contribution >= 4 is 27.5 Å². The third-order valence-corrected chi connectivity index (χ3v) is 6.48. The van der Waals surface area contributed by atoms with Crippen LogP contribution in [0.2, 0.25) is 0 Å². The minimum atomic E-state index is -3.75. The lowest BCUT2D eigenvalue weighted by molar-refractivity contribution is -0.139. The van der Waals surface area contributed by atoms with E-state index in [2.05, 4.69) is 5.32 Å². The van der Waals surface area contributed by atoms with Crippen molar-refractivity contribution in [1.82, 2.24) is 10.2 Å². The molecule has 0 bridgehead atoms. The van der Waals surface area contributed by atoms with E-state index in [9.17, 15) is 18.0 Å². The Balaban J connectivity index is 2.37. The second-order valence-corrected chi connectivity index (χ2v) is 10.7. The number of aryl methyl sites for hydroxylation is 1. The van der Waals surface area contributed by atoms with E-state index in [1.165, 1.54) is 4.90 Å². The Morgan fingerprint density at radius 3 is 2.26 bits per heavy atom. The van der Waals surface area contributed by atoms with Crippen LogP contribution in [-0.2, 0) is 26.2 Å². The highest BCUT2D eigenvalue weighted by atomic mass is 32.2. The average Bonchev–Trinajstić information content (AvgIpc) is 2.78. The van der Waals surface area contributed by atoms with Gasteiger partial charge in [-0.1, -0.05) is 43.7 Å². The molecule has 2 amide bonds. The first-order valence-corrected chi connectivity index (χ1v) is 13.0. The van der Waals surface area contributed by atoms with Crippen molar-refractivity contribution in [1.29, 1.82) is 0 Å². The van der Waals surface area contributed by atoms with Crippen molar-refractivity contribution in [3.63, 3.8) is 0 Å². The number of sulfonamides is 1. The maximum Gasteiger partial charge on any atom is 0.244 e. The Hall–Kier alpha value is -3.07. The van der Waals surface area contributed by atoms with Crippen LogP contribution in [0, 0.1) is 12.8 Å². The van der Waals surface area contributed by atoms with Crippen LogP contribution in [0.3, 0.4) is 0 Å². The molecule has 0 aliphatic carbocycles. The minimum absolute atomic E-state index is 0.123. The smallest absolute Gasteiger partial charge is 0.244 e. The monoisotopic (exact) mass is 489 g/mol. The molecule has 2 aromatic carbocycles. The van der Waals surface area contributed by atoms with Crippen LogP contribution in [-0.4, -0.2) is 57.6 Å². The zero-order valence-electron chi connectivity index (χ0n) is 20.7. The van der Waals surface area contributed by atoms with Gasteiger partial charge in [-0.05, 0) is 49.6 Å². The standard InChI is InChI=1S/C25H35N3O5S/c1-18(2)15-26-25(30)20(4)27(16-21-8-7-9-23(14-21)33-5)24(29)17-28(34(6,31)32)22-12-10-19(3)11-13-22/h7-14,18,20H,15-17H2,1-6H3,(H,26,30)/t20-/m1/s1. The van der Waals surface area contributed by atoms with E-state index < -0.39 is 28.5 Å². The molecule has 0 radical (unpaired) electrons. The van der Waals surface area contributed by atoms with Crippen LogP contribution < -0.4 is 14.4 Å². The van der Waals surface area contributed by atoms with Crippen LogP contribution >= 0.6 is 0 Å². The predicted molar refractivity (Wildman–Crippen MR) is 134 cm³/mol. The quantitative estimate of drug-likeness (QED) is 0.524. The highest BCUT2D eigenvalue weighted by Crippen LogP contribution is 2.20. The Bertz CT molecular complexity index is 1080. The molecular weight excluding hydrogens is 454 g/mol. The van der Waals surface area contributed by atoms with Crippen molar-refractivity contribution < 1.29 is 22.7 Å². The van der Waals surface area contributed by atoms with E-state index in [1.807, 2.05) is 26.8 Å². The SMILES string of the molecule is COc1cccc(CN(C(=O)CN(c2ccc(C)cc2)S(C)(=O)=O)[C@H](C)C(=O)NCC(C)C)c1. The number of nitrogens with one attached hydrogen (secondary N) is 1. The van der Waals surface area contributed by atoms with Gasteiger partial charge in [0.2, 0.25) is 21.8 Å². The molecule has 0 aliphatic rings. The molecule has 8 nitrogen and oxygen atoms in total. The summed E-state index contributed by atoms with van der Waals surface area (Å²) in [5.41, 5.74) is 2.12. The van der Waals surface area contributed by atoms with Crippen LogP contribution in [0.1, 0.15) is 31.9 Å². The van der Waals surface area contributed by atoms with Crippen molar-refractivity contribution in [3.8, 4) is 5.75 Å². The molecule has 2 aromatic rings. The Morgan fingerprint density at radius 2 is 1.71 bits per heavy atom. The highest BCUT2D eigenvalue weighted by molar-refractivity contribution is 7.92. The number of carbonyl (C=O) groups excluding carboxylic acids is 2. The number of hydrogen-bond acceptors (Lipinski definition) is 5. The Morgan fingerprint density at radius 1 is 1.06 bits per heavy atom. The molecule has 0 unspecified atom stereocenters. The predicted octanol–water partition coefficient (Wildman–Crippen LogP) is 2.96. The lowest BCUT2D eigenvalue weighted by Gasteiger charge is -2.31. The van der Waals surface area contributed by atoms with E-state index in [0.717, 1.165) is 21.7 Å². The van der Waals surface area contributed by atoms with Gasteiger partial charge >= 0.3 is 0 Å². The summed E-state index contributed by atoms with van der Waals surface area (Å²) in [7, 11) is -2.19. The molecule has 2 rings (SSSR count). The summed E-state index contributed by atoms with van der Waals surface area (Å²) in [4.78, 5) is 27.7. The van der Waals surface area contributed by atoms with Gasteiger partial charge in [0.25, 0.3) is 0 Å². The molecule has 186 valence electrons.